The average Bonchev–Trinajstić information content (AvgIpc) is 2.14. The number of hydrogen-bond donors (Lipinski definition) is 0. The minimum atomic E-state index is 0.214. The van der Waals surface area contributed by atoms with Gasteiger partial charge in [-0.25, -0.2) is 4.99 Å². The second-order valence-corrected chi connectivity index (χ2v) is 5.26. The Morgan fingerprint density at radius 3 is 2.31 bits per heavy atom. The van der Waals surface area contributed by atoms with Crippen LogP contribution in [0.5, 0.6) is 0 Å². The van der Waals surface area contributed by atoms with Gasteiger partial charge in [-0.1, -0.05) is 27.7 Å². The number of rotatable bonds is 5. The fraction of sp³-hybridized carbons (Fsp3) is 0.692. The summed E-state index contributed by atoms with van der Waals surface area (Å²) in [5, 5.41) is 0. The predicted octanol–water partition coefficient (Wildman–Crippen LogP) is 2.88. The highest BCUT2D eigenvalue weighted by atomic mass is 16.1. The van der Waals surface area contributed by atoms with E-state index in [4.69, 9.17) is 0 Å². The predicted molar refractivity (Wildman–Crippen MR) is 69.6 cm³/mol. The van der Waals surface area contributed by atoms with Gasteiger partial charge in [-0.05, 0) is 24.8 Å². The molecule has 0 saturated heterocycles. The number of allylic oxidation sites excluding steroid dienone is 1. The molecule has 0 saturated carbocycles. The van der Waals surface area contributed by atoms with Gasteiger partial charge in [-0.2, -0.15) is 0 Å². The second kappa shape index (κ2) is 6.46. The Morgan fingerprint density at radius 1 is 1.38 bits per heavy atom. The molecule has 0 heterocycles. The summed E-state index contributed by atoms with van der Waals surface area (Å²) < 4.78 is 0. The monoisotopic (exact) mass is 224 g/mol. The lowest BCUT2D eigenvalue weighted by molar-refractivity contribution is -0.102. The molecule has 0 N–H and O–H groups in total. The third kappa shape index (κ3) is 6.38. The van der Waals surface area contributed by atoms with Gasteiger partial charge in [-0.3, -0.25) is 4.79 Å². The number of nitrogens with zero attached hydrogens (tertiary/aromatic N) is 2. The summed E-state index contributed by atoms with van der Waals surface area (Å²) in [7, 11) is 2.01. The first-order valence-corrected chi connectivity index (χ1v) is 5.72. The lowest BCUT2D eigenvalue weighted by atomic mass is 9.96. The molecule has 0 fully saturated rings. The molecule has 92 valence electrons. The molecular formula is C13H24N2O. The van der Waals surface area contributed by atoms with Crippen molar-refractivity contribution in [3.05, 3.63) is 11.9 Å². The molecule has 0 spiro atoms. The van der Waals surface area contributed by atoms with Gasteiger partial charge < -0.3 is 4.90 Å². The minimum Gasteiger partial charge on any atom is -0.359 e. The smallest absolute Gasteiger partial charge is 0.164 e. The van der Waals surface area contributed by atoms with Crippen molar-refractivity contribution in [3.8, 4) is 0 Å². The van der Waals surface area contributed by atoms with E-state index in [1.54, 1.807) is 6.92 Å². The molecule has 0 aliphatic heterocycles. The highest BCUT2D eigenvalue weighted by Gasteiger charge is 2.15. The van der Waals surface area contributed by atoms with Crippen LogP contribution in [0.15, 0.2) is 16.9 Å². The molecule has 0 unspecified atom stereocenters. The molecule has 0 aromatic carbocycles. The minimum absolute atomic E-state index is 0.214. The van der Waals surface area contributed by atoms with Crippen molar-refractivity contribution in [3.63, 3.8) is 0 Å². The van der Waals surface area contributed by atoms with Gasteiger partial charge in [-0.15, -0.1) is 0 Å². The quantitative estimate of drug-likeness (QED) is 0.531. The number of hydrogen-bond acceptors (Lipinski definition) is 3. The van der Waals surface area contributed by atoms with E-state index in [0.29, 0.717) is 5.71 Å². The molecule has 3 nitrogen and oxygen atoms in total. The lowest BCUT2D eigenvalue weighted by Crippen LogP contribution is -2.28. The topological polar surface area (TPSA) is 32.7 Å². The van der Waals surface area contributed by atoms with Crippen LogP contribution < -0.4 is 0 Å². The fourth-order valence-electron chi connectivity index (χ4n) is 1.47. The molecular weight excluding hydrogens is 200 g/mol. The third-order valence-electron chi connectivity index (χ3n) is 1.95. The lowest BCUT2D eigenvalue weighted by Gasteiger charge is -2.28. The Labute approximate surface area is 99.2 Å². The fourth-order valence-corrected chi connectivity index (χ4v) is 1.47. The van der Waals surface area contributed by atoms with E-state index in [0.717, 1.165) is 25.1 Å². The van der Waals surface area contributed by atoms with E-state index in [1.807, 2.05) is 13.1 Å². The summed E-state index contributed by atoms with van der Waals surface area (Å²) in [5.74, 6) is 0.877. The molecule has 0 aromatic rings. The van der Waals surface area contributed by atoms with Crippen molar-refractivity contribution in [2.24, 2.45) is 10.4 Å². The highest BCUT2D eigenvalue weighted by molar-refractivity contribution is 6.27. The van der Waals surface area contributed by atoms with Crippen LogP contribution in [-0.2, 0) is 4.79 Å². The van der Waals surface area contributed by atoms with Crippen molar-refractivity contribution in [1.82, 2.24) is 4.90 Å². The Kier molecular flexibility index (Phi) is 6.01. The van der Waals surface area contributed by atoms with Crippen LogP contribution in [0.1, 0.15) is 41.0 Å². The van der Waals surface area contributed by atoms with Gasteiger partial charge >= 0.3 is 0 Å². The van der Waals surface area contributed by atoms with E-state index in [9.17, 15) is 4.79 Å². The van der Waals surface area contributed by atoms with Crippen LogP contribution in [-0.4, -0.2) is 30.5 Å². The van der Waals surface area contributed by atoms with Gasteiger partial charge in [0, 0.05) is 13.6 Å². The summed E-state index contributed by atoms with van der Waals surface area (Å²) in [5.41, 5.74) is 0.729. The zero-order valence-corrected chi connectivity index (χ0v) is 11.4. The number of carbonyl (C=O) groups excluding carboxylic acids is 1. The summed E-state index contributed by atoms with van der Waals surface area (Å²) in [6.45, 7) is 11.3. The Hall–Kier alpha value is -1.12. The van der Waals surface area contributed by atoms with E-state index < -0.39 is 0 Å². The van der Waals surface area contributed by atoms with Crippen molar-refractivity contribution >= 4 is 12.0 Å². The first-order valence-electron chi connectivity index (χ1n) is 5.72. The van der Waals surface area contributed by atoms with E-state index in [-0.39, 0.29) is 5.41 Å². The first-order chi connectivity index (χ1) is 7.30. The summed E-state index contributed by atoms with van der Waals surface area (Å²) in [6, 6.07) is 0. The van der Waals surface area contributed by atoms with Gasteiger partial charge in [0.05, 0.1) is 5.71 Å². The zero-order valence-electron chi connectivity index (χ0n) is 11.4. The molecule has 0 rings (SSSR count). The molecule has 0 amide bonds. The average molecular weight is 224 g/mol. The van der Waals surface area contributed by atoms with Gasteiger partial charge in [0.2, 0.25) is 0 Å². The standard InChI is InChI=1S/C13H24N2O/c1-7-8-12(14-11(2)9-16)15(6)10-13(3,4)5/h8-9H,7,10H2,1-6H3/b12-8+,14-11+. The molecule has 0 radical (unpaired) electrons. The van der Waals surface area contributed by atoms with Gasteiger partial charge in [0.15, 0.2) is 6.29 Å². The van der Waals surface area contributed by atoms with Crippen molar-refractivity contribution in [1.29, 1.82) is 0 Å². The van der Waals surface area contributed by atoms with E-state index >= 15 is 0 Å². The van der Waals surface area contributed by atoms with Crippen molar-refractivity contribution < 1.29 is 4.79 Å². The molecule has 16 heavy (non-hydrogen) atoms. The number of aldehydes is 1. The number of aliphatic imine (C=N–C) groups is 1. The molecule has 3 heteroatoms. The normalized spacial score (nSPS) is 13.9. The summed E-state index contributed by atoms with van der Waals surface area (Å²) >= 11 is 0. The first kappa shape index (κ1) is 14.9. The van der Waals surface area contributed by atoms with Crippen LogP contribution in [0.4, 0.5) is 0 Å². The molecule has 0 aromatic heterocycles. The SMILES string of the molecule is CC/C=C(\N=C(/C)C=O)N(C)CC(C)(C)C. The van der Waals surface area contributed by atoms with E-state index in [2.05, 4.69) is 37.6 Å². The zero-order chi connectivity index (χ0) is 12.8. The Morgan fingerprint density at radius 2 is 1.94 bits per heavy atom. The number of carbonyl (C=O) groups is 1. The molecule has 0 aliphatic rings. The maximum absolute atomic E-state index is 10.6. The highest BCUT2D eigenvalue weighted by Crippen LogP contribution is 2.17. The van der Waals surface area contributed by atoms with Crippen molar-refractivity contribution in [2.75, 3.05) is 13.6 Å². The second-order valence-electron chi connectivity index (χ2n) is 5.26. The maximum Gasteiger partial charge on any atom is 0.164 e. The van der Waals surface area contributed by atoms with Crippen LogP contribution in [0, 0.1) is 5.41 Å². The largest absolute Gasteiger partial charge is 0.359 e. The molecule has 0 aliphatic carbocycles. The third-order valence-corrected chi connectivity index (χ3v) is 1.95. The van der Waals surface area contributed by atoms with Crippen LogP contribution in [0.25, 0.3) is 0 Å². The van der Waals surface area contributed by atoms with Crippen LogP contribution in [0.2, 0.25) is 0 Å². The van der Waals surface area contributed by atoms with Crippen LogP contribution >= 0.6 is 0 Å². The van der Waals surface area contributed by atoms with Crippen LogP contribution in [0.3, 0.4) is 0 Å². The Balaban J connectivity index is 4.81. The summed E-state index contributed by atoms with van der Waals surface area (Å²) in [4.78, 5) is 17.0. The Bertz CT molecular complexity index is 285. The summed E-state index contributed by atoms with van der Waals surface area (Å²) in [6.07, 6.45) is 3.74. The molecule has 0 bridgehead atoms. The van der Waals surface area contributed by atoms with E-state index in [1.165, 1.54) is 0 Å². The van der Waals surface area contributed by atoms with Gasteiger partial charge in [0.25, 0.3) is 0 Å². The molecule has 0 atom stereocenters. The van der Waals surface area contributed by atoms with Crippen molar-refractivity contribution in [2.45, 2.75) is 41.0 Å². The maximum atomic E-state index is 10.6. The van der Waals surface area contributed by atoms with Gasteiger partial charge in [0.1, 0.15) is 5.82 Å².